The second-order valence-corrected chi connectivity index (χ2v) is 5.14. The fourth-order valence-corrected chi connectivity index (χ4v) is 2.27. The van der Waals surface area contributed by atoms with Gasteiger partial charge in [0.05, 0.1) is 12.4 Å². The second kappa shape index (κ2) is 5.64. The van der Waals surface area contributed by atoms with Gasteiger partial charge in [-0.2, -0.15) is 0 Å². The first-order valence-electron chi connectivity index (χ1n) is 6.38. The number of aliphatic imine (C=N–C) groups is 1. The summed E-state index contributed by atoms with van der Waals surface area (Å²) < 4.78 is 0. The molecule has 2 heterocycles. The molecule has 0 saturated carbocycles. The largest absolute Gasteiger partial charge is 0.360 e. The van der Waals surface area contributed by atoms with E-state index in [1.807, 2.05) is 0 Å². The maximum Gasteiger partial charge on any atom is 0.0854 e. The first-order chi connectivity index (χ1) is 7.74. The number of likely N-dealkylation sites (tertiary alicyclic amines) is 1. The first-order valence-corrected chi connectivity index (χ1v) is 6.38. The van der Waals surface area contributed by atoms with E-state index >= 15 is 0 Å². The maximum absolute atomic E-state index is 4.72. The predicted octanol–water partition coefficient (Wildman–Crippen LogP) is 0.356. The van der Waals surface area contributed by atoms with Crippen molar-refractivity contribution >= 4 is 6.34 Å². The van der Waals surface area contributed by atoms with Crippen molar-refractivity contribution in [2.45, 2.75) is 18.9 Å². The third-order valence-corrected chi connectivity index (χ3v) is 3.67. The summed E-state index contributed by atoms with van der Waals surface area (Å²) in [5, 5.41) is 0. The molecule has 2 aliphatic rings. The summed E-state index contributed by atoms with van der Waals surface area (Å²) in [6.45, 7) is 6.99. The van der Waals surface area contributed by atoms with Crippen molar-refractivity contribution in [2.24, 2.45) is 4.99 Å². The summed E-state index contributed by atoms with van der Waals surface area (Å²) in [5.41, 5.74) is 0. The number of hydrogen-bond donors (Lipinski definition) is 0. The van der Waals surface area contributed by atoms with Crippen molar-refractivity contribution in [3.63, 3.8) is 0 Å². The lowest BCUT2D eigenvalue weighted by molar-refractivity contribution is 0.217. The van der Waals surface area contributed by atoms with Crippen molar-refractivity contribution in [3.8, 4) is 0 Å². The normalized spacial score (nSPS) is 26.8. The summed E-state index contributed by atoms with van der Waals surface area (Å²) >= 11 is 0. The van der Waals surface area contributed by atoms with Crippen LogP contribution in [0.4, 0.5) is 0 Å². The van der Waals surface area contributed by atoms with Crippen molar-refractivity contribution in [2.75, 3.05) is 53.4 Å². The molecule has 0 bridgehead atoms. The molecule has 0 aliphatic carbocycles. The second-order valence-electron chi connectivity index (χ2n) is 5.14. The van der Waals surface area contributed by atoms with Gasteiger partial charge in [-0.3, -0.25) is 4.99 Å². The molecule has 16 heavy (non-hydrogen) atoms. The minimum Gasteiger partial charge on any atom is -0.360 e. The Labute approximate surface area is 98.9 Å². The standard InChI is InChI=1S/C12H24N4/c1-14-5-3-12(4-6-14)13-11-16-9-7-15(2)8-10-16/h11-12H,3-10H2,1-2H3. The van der Waals surface area contributed by atoms with Crippen molar-refractivity contribution in [3.05, 3.63) is 0 Å². The molecule has 2 rings (SSSR count). The van der Waals surface area contributed by atoms with Crippen LogP contribution in [0.25, 0.3) is 0 Å². The van der Waals surface area contributed by atoms with E-state index in [0.29, 0.717) is 6.04 Å². The van der Waals surface area contributed by atoms with E-state index in [-0.39, 0.29) is 0 Å². The molecule has 0 N–H and O–H groups in total. The van der Waals surface area contributed by atoms with Gasteiger partial charge >= 0.3 is 0 Å². The van der Waals surface area contributed by atoms with Crippen LogP contribution in [-0.4, -0.2) is 80.4 Å². The van der Waals surface area contributed by atoms with Crippen LogP contribution in [0.15, 0.2) is 4.99 Å². The number of likely N-dealkylation sites (N-methyl/N-ethyl adjacent to an activating group) is 1. The Hall–Kier alpha value is -0.610. The summed E-state index contributed by atoms with van der Waals surface area (Å²) in [6.07, 6.45) is 4.55. The van der Waals surface area contributed by atoms with Crippen molar-refractivity contribution in [1.82, 2.24) is 14.7 Å². The highest BCUT2D eigenvalue weighted by atomic mass is 15.3. The molecule has 0 atom stereocenters. The number of nitrogens with zero attached hydrogens (tertiary/aromatic N) is 4. The molecule has 0 amide bonds. The molecular formula is C12H24N4. The SMILES string of the molecule is CN1CCC(N=CN2CCN(C)CC2)CC1. The van der Waals surface area contributed by atoms with Crippen LogP contribution in [0.5, 0.6) is 0 Å². The molecule has 4 nitrogen and oxygen atoms in total. The molecule has 2 saturated heterocycles. The molecule has 4 heteroatoms. The maximum atomic E-state index is 4.72. The van der Waals surface area contributed by atoms with Crippen LogP contribution in [0.2, 0.25) is 0 Å². The van der Waals surface area contributed by atoms with Crippen LogP contribution in [0, 0.1) is 0 Å². The molecule has 2 aliphatic heterocycles. The zero-order valence-electron chi connectivity index (χ0n) is 10.6. The number of rotatable bonds is 2. The van der Waals surface area contributed by atoms with E-state index in [1.54, 1.807) is 0 Å². The molecule has 92 valence electrons. The molecule has 0 unspecified atom stereocenters. The molecule has 2 fully saturated rings. The number of piperidine rings is 1. The van der Waals surface area contributed by atoms with E-state index in [2.05, 4.69) is 35.1 Å². The van der Waals surface area contributed by atoms with E-state index in [9.17, 15) is 0 Å². The summed E-state index contributed by atoms with van der Waals surface area (Å²) in [6, 6.07) is 0.566. The number of hydrogen-bond acceptors (Lipinski definition) is 3. The molecule has 0 aromatic heterocycles. The Morgan fingerprint density at radius 3 is 2.06 bits per heavy atom. The molecular weight excluding hydrogens is 200 g/mol. The molecule has 0 aromatic carbocycles. The Bertz CT molecular complexity index is 201. The van der Waals surface area contributed by atoms with Crippen LogP contribution >= 0.6 is 0 Å². The Morgan fingerprint density at radius 1 is 0.875 bits per heavy atom. The van der Waals surface area contributed by atoms with Gasteiger partial charge in [-0.25, -0.2) is 0 Å². The fraction of sp³-hybridized carbons (Fsp3) is 0.917. The zero-order chi connectivity index (χ0) is 11.4. The Morgan fingerprint density at radius 2 is 1.44 bits per heavy atom. The van der Waals surface area contributed by atoms with Crippen LogP contribution in [0.1, 0.15) is 12.8 Å². The quantitative estimate of drug-likeness (QED) is 0.499. The van der Waals surface area contributed by atoms with Crippen molar-refractivity contribution < 1.29 is 0 Å². The van der Waals surface area contributed by atoms with Gasteiger partial charge < -0.3 is 14.7 Å². The van der Waals surface area contributed by atoms with Crippen LogP contribution in [0.3, 0.4) is 0 Å². The smallest absolute Gasteiger partial charge is 0.0854 e. The lowest BCUT2D eigenvalue weighted by Gasteiger charge is -2.32. The summed E-state index contributed by atoms with van der Waals surface area (Å²) in [7, 11) is 4.38. The van der Waals surface area contributed by atoms with Crippen LogP contribution in [-0.2, 0) is 0 Å². The highest BCUT2D eigenvalue weighted by Gasteiger charge is 2.16. The first kappa shape index (κ1) is 11.9. The average Bonchev–Trinajstić information content (AvgIpc) is 2.30. The minimum absolute atomic E-state index is 0.566. The van der Waals surface area contributed by atoms with Gasteiger partial charge in [-0.15, -0.1) is 0 Å². The minimum atomic E-state index is 0.566. The third kappa shape index (κ3) is 3.46. The van der Waals surface area contributed by atoms with Gasteiger partial charge in [-0.1, -0.05) is 0 Å². The fourth-order valence-electron chi connectivity index (χ4n) is 2.27. The van der Waals surface area contributed by atoms with Gasteiger partial charge in [0.25, 0.3) is 0 Å². The van der Waals surface area contributed by atoms with E-state index in [0.717, 1.165) is 13.1 Å². The topological polar surface area (TPSA) is 22.1 Å². The highest BCUT2D eigenvalue weighted by molar-refractivity contribution is 5.55. The van der Waals surface area contributed by atoms with Crippen LogP contribution < -0.4 is 0 Å². The zero-order valence-corrected chi connectivity index (χ0v) is 10.6. The predicted molar refractivity (Wildman–Crippen MR) is 68.1 cm³/mol. The van der Waals surface area contributed by atoms with E-state index in [1.165, 1.54) is 39.0 Å². The lowest BCUT2D eigenvalue weighted by Crippen LogP contribution is -2.44. The Kier molecular flexibility index (Phi) is 4.18. The average molecular weight is 224 g/mol. The monoisotopic (exact) mass is 224 g/mol. The third-order valence-electron chi connectivity index (χ3n) is 3.67. The molecule has 0 radical (unpaired) electrons. The summed E-state index contributed by atoms with van der Waals surface area (Å²) in [4.78, 5) is 11.8. The molecule has 0 spiro atoms. The van der Waals surface area contributed by atoms with E-state index in [4.69, 9.17) is 4.99 Å². The van der Waals surface area contributed by atoms with Gasteiger partial charge in [-0.05, 0) is 40.0 Å². The van der Waals surface area contributed by atoms with Crippen molar-refractivity contribution in [1.29, 1.82) is 0 Å². The van der Waals surface area contributed by atoms with Gasteiger partial charge in [0.15, 0.2) is 0 Å². The van der Waals surface area contributed by atoms with Gasteiger partial charge in [0.2, 0.25) is 0 Å². The van der Waals surface area contributed by atoms with Gasteiger partial charge in [0, 0.05) is 26.2 Å². The summed E-state index contributed by atoms with van der Waals surface area (Å²) in [5.74, 6) is 0. The Balaban J connectivity index is 1.72. The van der Waals surface area contributed by atoms with E-state index < -0.39 is 0 Å². The van der Waals surface area contributed by atoms with Gasteiger partial charge in [0.1, 0.15) is 0 Å². The molecule has 0 aromatic rings. The highest BCUT2D eigenvalue weighted by Crippen LogP contribution is 2.11. The number of piperazine rings is 1. The lowest BCUT2D eigenvalue weighted by atomic mass is 10.1.